The van der Waals surface area contributed by atoms with Crippen LogP contribution in [0.5, 0.6) is 0 Å². The molecule has 4 N–H and O–H groups in total. The lowest BCUT2D eigenvalue weighted by Gasteiger charge is -1.99. The van der Waals surface area contributed by atoms with E-state index in [1.165, 1.54) is 6.20 Å². The van der Waals surface area contributed by atoms with Crippen molar-refractivity contribution >= 4 is 11.7 Å². The molecule has 2 aromatic rings. The van der Waals surface area contributed by atoms with Gasteiger partial charge in [-0.3, -0.25) is 10.8 Å². The van der Waals surface area contributed by atoms with E-state index in [-0.39, 0.29) is 17.1 Å². The van der Waals surface area contributed by atoms with Crippen LogP contribution in [0.4, 0.5) is 5.69 Å². The maximum atomic E-state index is 10.8. The topological polar surface area (TPSA) is 114 Å². The highest BCUT2D eigenvalue weighted by molar-refractivity contribution is 5.95. The number of aromatic nitrogens is 2. The molecule has 7 nitrogen and oxygen atoms in total. The maximum Gasteiger partial charge on any atom is 0.360 e. The van der Waals surface area contributed by atoms with Gasteiger partial charge in [-0.05, 0) is 12.1 Å². The van der Waals surface area contributed by atoms with Gasteiger partial charge in [0.05, 0.1) is 0 Å². The number of pyridine rings is 1. The minimum atomic E-state index is -1.22. The van der Waals surface area contributed by atoms with Crippen molar-refractivity contribution in [2.75, 3.05) is 5.43 Å². The van der Waals surface area contributed by atoms with Gasteiger partial charge in [-0.2, -0.15) is 0 Å². The van der Waals surface area contributed by atoms with Crippen molar-refractivity contribution in [3.8, 4) is 11.3 Å². The van der Waals surface area contributed by atoms with Gasteiger partial charge in [0, 0.05) is 18.0 Å². The quantitative estimate of drug-likeness (QED) is 0.515. The Kier molecular flexibility index (Phi) is 2.52. The fraction of sp³-hybridized carbons (Fsp3) is 0. The lowest BCUT2D eigenvalue weighted by atomic mass is 10.2. The Morgan fingerprint density at radius 2 is 2.38 bits per heavy atom. The summed E-state index contributed by atoms with van der Waals surface area (Å²) in [5, 5.41) is 12.2. The van der Waals surface area contributed by atoms with Crippen LogP contribution in [0.1, 0.15) is 10.5 Å². The molecule has 0 bridgehead atoms. The fourth-order valence-electron chi connectivity index (χ4n) is 1.26. The van der Waals surface area contributed by atoms with E-state index in [2.05, 4.69) is 15.6 Å². The van der Waals surface area contributed by atoms with E-state index in [4.69, 9.17) is 15.5 Å². The number of carboxylic acid groups (broad SMARTS) is 1. The summed E-state index contributed by atoms with van der Waals surface area (Å²) in [5.74, 6) is 4.26. The largest absolute Gasteiger partial charge is 0.476 e. The van der Waals surface area contributed by atoms with Gasteiger partial charge in [0.25, 0.3) is 0 Å². The van der Waals surface area contributed by atoms with Crippen molar-refractivity contribution in [3.05, 3.63) is 30.2 Å². The molecule has 0 saturated heterocycles. The van der Waals surface area contributed by atoms with E-state index in [1.807, 2.05) is 0 Å². The molecule has 2 rings (SSSR count). The molecule has 0 aromatic carbocycles. The molecule has 7 heteroatoms. The summed E-state index contributed by atoms with van der Waals surface area (Å²) in [6, 6.07) is 3.40. The van der Waals surface area contributed by atoms with E-state index in [1.54, 1.807) is 18.3 Å². The third-order valence-electron chi connectivity index (χ3n) is 1.96. The zero-order valence-electron chi connectivity index (χ0n) is 8.04. The van der Waals surface area contributed by atoms with Crippen molar-refractivity contribution in [2.45, 2.75) is 0 Å². The van der Waals surface area contributed by atoms with Crippen LogP contribution in [0.15, 0.2) is 29.0 Å². The standard InChI is InChI=1S/C9H8N4O3/c10-12-6-7(9(14)15)13-16-8(6)5-2-1-3-11-4-5/h1-4,12H,10H2,(H,14,15). The van der Waals surface area contributed by atoms with Gasteiger partial charge < -0.3 is 15.1 Å². The van der Waals surface area contributed by atoms with Crippen molar-refractivity contribution in [1.82, 2.24) is 10.1 Å². The lowest BCUT2D eigenvalue weighted by molar-refractivity contribution is 0.0686. The van der Waals surface area contributed by atoms with Gasteiger partial charge in [-0.15, -0.1) is 0 Å². The van der Waals surface area contributed by atoms with Crippen LogP contribution in [0.25, 0.3) is 11.3 Å². The zero-order valence-corrected chi connectivity index (χ0v) is 8.04. The van der Waals surface area contributed by atoms with Crippen LogP contribution in [-0.4, -0.2) is 21.2 Å². The number of nitrogens with two attached hydrogens (primary N) is 1. The number of hydrogen-bond donors (Lipinski definition) is 3. The first-order valence-corrected chi connectivity index (χ1v) is 4.34. The first-order chi connectivity index (χ1) is 7.74. The molecule has 2 aromatic heterocycles. The third-order valence-corrected chi connectivity index (χ3v) is 1.96. The van der Waals surface area contributed by atoms with Crippen molar-refractivity contribution in [1.29, 1.82) is 0 Å². The van der Waals surface area contributed by atoms with Crippen LogP contribution in [0, 0.1) is 0 Å². The molecule has 0 radical (unpaired) electrons. The number of nitrogens with one attached hydrogen (secondary N) is 1. The zero-order chi connectivity index (χ0) is 11.5. The average Bonchev–Trinajstić information content (AvgIpc) is 2.73. The lowest BCUT2D eigenvalue weighted by Crippen LogP contribution is -2.11. The molecule has 0 aliphatic heterocycles. The number of carboxylic acids is 1. The molecule has 0 aliphatic rings. The Hall–Kier alpha value is -2.41. The number of rotatable bonds is 3. The summed E-state index contributed by atoms with van der Waals surface area (Å²) >= 11 is 0. The van der Waals surface area contributed by atoms with Crippen LogP contribution < -0.4 is 11.3 Å². The van der Waals surface area contributed by atoms with Crippen LogP contribution in [0.3, 0.4) is 0 Å². The van der Waals surface area contributed by atoms with Gasteiger partial charge in [0.2, 0.25) is 5.69 Å². The van der Waals surface area contributed by atoms with Gasteiger partial charge in [-0.1, -0.05) is 5.16 Å². The summed E-state index contributed by atoms with van der Waals surface area (Å²) in [6.07, 6.45) is 3.11. The van der Waals surface area contributed by atoms with E-state index < -0.39 is 5.97 Å². The fourth-order valence-corrected chi connectivity index (χ4v) is 1.26. The van der Waals surface area contributed by atoms with Crippen molar-refractivity contribution in [2.24, 2.45) is 5.84 Å². The highest BCUT2D eigenvalue weighted by Crippen LogP contribution is 2.29. The van der Waals surface area contributed by atoms with E-state index >= 15 is 0 Å². The number of aromatic carboxylic acids is 1. The maximum absolute atomic E-state index is 10.8. The molecule has 0 unspecified atom stereocenters. The molecule has 2 heterocycles. The van der Waals surface area contributed by atoms with E-state index in [0.29, 0.717) is 5.56 Å². The van der Waals surface area contributed by atoms with Gasteiger partial charge >= 0.3 is 5.97 Å². The average molecular weight is 220 g/mol. The van der Waals surface area contributed by atoms with Gasteiger partial charge in [0.1, 0.15) is 5.69 Å². The summed E-state index contributed by atoms with van der Waals surface area (Å²) in [4.78, 5) is 14.7. The van der Waals surface area contributed by atoms with Gasteiger partial charge in [-0.25, -0.2) is 4.79 Å². The summed E-state index contributed by atoms with van der Waals surface area (Å²) in [5.41, 5.74) is 2.71. The van der Waals surface area contributed by atoms with Crippen molar-refractivity contribution < 1.29 is 14.4 Å². The monoisotopic (exact) mass is 220 g/mol. The molecule has 0 amide bonds. The normalized spacial score (nSPS) is 10.1. The minimum Gasteiger partial charge on any atom is -0.476 e. The molecular formula is C9H8N4O3. The number of hydrazine groups is 1. The molecule has 0 fully saturated rings. The molecule has 0 aliphatic carbocycles. The number of nitrogens with zero attached hydrogens (tertiary/aromatic N) is 2. The Morgan fingerprint density at radius 3 is 2.94 bits per heavy atom. The molecule has 16 heavy (non-hydrogen) atoms. The minimum absolute atomic E-state index is 0.125. The Bertz CT molecular complexity index is 509. The molecule has 0 atom stereocenters. The first kappa shape index (κ1) is 10.1. The molecular weight excluding hydrogens is 212 g/mol. The molecule has 0 spiro atoms. The van der Waals surface area contributed by atoms with E-state index in [9.17, 15) is 4.79 Å². The highest BCUT2D eigenvalue weighted by atomic mass is 16.5. The Morgan fingerprint density at radius 1 is 1.56 bits per heavy atom. The first-order valence-electron chi connectivity index (χ1n) is 4.34. The van der Waals surface area contributed by atoms with Crippen LogP contribution in [0.2, 0.25) is 0 Å². The Labute approximate surface area is 89.9 Å². The second-order valence-corrected chi connectivity index (χ2v) is 2.93. The summed E-state index contributed by atoms with van der Waals surface area (Å²) in [7, 11) is 0. The van der Waals surface area contributed by atoms with Crippen LogP contribution >= 0.6 is 0 Å². The van der Waals surface area contributed by atoms with Crippen molar-refractivity contribution in [3.63, 3.8) is 0 Å². The third kappa shape index (κ3) is 1.59. The summed E-state index contributed by atoms with van der Waals surface area (Å²) < 4.78 is 4.92. The van der Waals surface area contributed by atoms with E-state index in [0.717, 1.165) is 0 Å². The number of carbonyl (C=O) groups is 1. The number of nitrogen functional groups attached to an aromatic ring is 1. The second kappa shape index (κ2) is 3.99. The predicted molar refractivity (Wildman–Crippen MR) is 54.5 cm³/mol. The number of hydrogen-bond acceptors (Lipinski definition) is 6. The predicted octanol–water partition coefficient (Wildman–Crippen LogP) is 0.720. The molecule has 82 valence electrons. The van der Waals surface area contributed by atoms with Crippen LogP contribution in [-0.2, 0) is 0 Å². The summed E-state index contributed by atoms with van der Waals surface area (Å²) in [6.45, 7) is 0. The number of anilines is 1. The van der Waals surface area contributed by atoms with Gasteiger partial charge in [0.15, 0.2) is 5.76 Å². The second-order valence-electron chi connectivity index (χ2n) is 2.93. The molecule has 0 saturated carbocycles. The smallest absolute Gasteiger partial charge is 0.360 e. The SMILES string of the molecule is NNc1c(C(=O)O)noc1-c1cccnc1. The highest BCUT2D eigenvalue weighted by Gasteiger charge is 2.21. The Balaban J connectivity index is 2.54.